The largest absolute Gasteiger partial charge is 0.348 e. The second-order valence-electron chi connectivity index (χ2n) is 9.30. The maximum Gasteiger partial charge on any atom is 0.332 e. The average molecular weight is 571 g/mol. The van der Waals surface area contributed by atoms with Crippen molar-refractivity contribution >= 4 is 40.0 Å². The van der Waals surface area contributed by atoms with E-state index in [-0.39, 0.29) is 30.9 Å². The third-order valence-electron chi connectivity index (χ3n) is 6.52. The van der Waals surface area contributed by atoms with Gasteiger partial charge in [0.1, 0.15) is 12.4 Å². The molecular formula is C31H24ClFN4O4. The number of rotatable bonds is 8. The summed E-state index contributed by atoms with van der Waals surface area (Å²) in [6, 6.07) is 25.6. The van der Waals surface area contributed by atoms with Gasteiger partial charge in [0.05, 0.1) is 17.4 Å². The molecule has 41 heavy (non-hydrogen) atoms. The highest BCUT2D eigenvalue weighted by Gasteiger charge is 2.16. The quantitative estimate of drug-likeness (QED) is 0.285. The molecule has 0 fully saturated rings. The molecule has 8 nitrogen and oxygen atoms in total. The van der Waals surface area contributed by atoms with Gasteiger partial charge in [-0.25, -0.2) is 9.18 Å². The lowest BCUT2D eigenvalue weighted by Gasteiger charge is -2.14. The molecule has 0 atom stereocenters. The normalized spacial score (nSPS) is 10.9. The van der Waals surface area contributed by atoms with Gasteiger partial charge in [-0.2, -0.15) is 0 Å². The van der Waals surface area contributed by atoms with Crippen LogP contribution in [0.1, 0.15) is 21.5 Å². The van der Waals surface area contributed by atoms with E-state index in [4.69, 9.17) is 11.6 Å². The lowest BCUT2D eigenvalue weighted by atomic mass is 10.1. The molecule has 10 heteroatoms. The number of anilines is 1. The lowest BCUT2D eigenvalue weighted by Crippen LogP contribution is -2.42. The molecule has 0 saturated heterocycles. The molecule has 0 aliphatic rings. The van der Waals surface area contributed by atoms with Gasteiger partial charge >= 0.3 is 5.69 Å². The number of carbonyl (C=O) groups is 2. The van der Waals surface area contributed by atoms with Crippen molar-refractivity contribution < 1.29 is 14.0 Å². The van der Waals surface area contributed by atoms with Gasteiger partial charge in [-0.15, -0.1) is 0 Å². The minimum Gasteiger partial charge on any atom is -0.348 e. The molecule has 206 valence electrons. The number of aromatic nitrogens is 2. The number of amides is 2. The van der Waals surface area contributed by atoms with E-state index in [1.807, 2.05) is 18.2 Å². The number of fused-ring (bicyclic) bond motifs is 1. The molecule has 0 saturated carbocycles. The van der Waals surface area contributed by atoms with E-state index in [0.29, 0.717) is 27.4 Å². The van der Waals surface area contributed by atoms with Gasteiger partial charge in [-0.1, -0.05) is 54.1 Å². The first-order valence-electron chi connectivity index (χ1n) is 12.7. The Balaban J connectivity index is 1.37. The topological polar surface area (TPSA) is 102 Å². The third-order valence-corrected chi connectivity index (χ3v) is 6.88. The first-order valence-corrected chi connectivity index (χ1v) is 13.1. The first kappa shape index (κ1) is 27.5. The molecule has 0 bridgehead atoms. The zero-order valence-corrected chi connectivity index (χ0v) is 22.4. The van der Waals surface area contributed by atoms with Gasteiger partial charge in [0.2, 0.25) is 5.91 Å². The van der Waals surface area contributed by atoms with E-state index < -0.39 is 23.0 Å². The molecule has 5 aromatic rings. The van der Waals surface area contributed by atoms with Crippen LogP contribution in [-0.4, -0.2) is 20.9 Å². The zero-order valence-electron chi connectivity index (χ0n) is 21.6. The summed E-state index contributed by atoms with van der Waals surface area (Å²) in [5, 5.41) is 6.29. The molecule has 0 aliphatic heterocycles. The Morgan fingerprint density at radius 2 is 1.49 bits per heavy atom. The van der Waals surface area contributed by atoms with Crippen LogP contribution >= 0.6 is 11.6 Å². The van der Waals surface area contributed by atoms with Gasteiger partial charge in [0, 0.05) is 22.8 Å². The Labute approximate surface area is 238 Å². The van der Waals surface area contributed by atoms with E-state index >= 15 is 0 Å². The molecule has 0 spiro atoms. The van der Waals surface area contributed by atoms with Crippen LogP contribution in [-0.2, 0) is 24.4 Å². The van der Waals surface area contributed by atoms with E-state index in [1.54, 1.807) is 54.6 Å². The van der Waals surface area contributed by atoms with Crippen LogP contribution in [0.3, 0.4) is 0 Å². The predicted molar refractivity (Wildman–Crippen MR) is 156 cm³/mol. The van der Waals surface area contributed by atoms with E-state index in [0.717, 1.165) is 10.1 Å². The minimum atomic E-state index is -0.662. The van der Waals surface area contributed by atoms with Crippen LogP contribution in [0.2, 0.25) is 5.02 Å². The molecule has 0 unspecified atom stereocenters. The molecule has 4 aromatic carbocycles. The van der Waals surface area contributed by atoms with Gasteiger partial charge in [0.25, 0.3) is 11.5 Å². The average Bonchev–Trinajstić information content (AvgIpc) is 2.98. The Bertz CT molecular complexity index is 1870. The molecule has 5 rings (SSSR count). The zero-order chi connectivity index (χ0) is 28.9. The predicted octanol–water partition coefficient (Wildman–Crippen LogP) is 4.57. The van der Waals surface area contributed by atoms with E-state index in [9.17, 15) is 23.6 Å². The maximum absolute atomic E-state index is 13.5. The van der Waals surface area contributed by atoms with Crippen LogP contribution in [0, 0.1) is 5.82 Å². The fourth-order valence-electron chi connectivity index (χ4n) is 4.40. The van der Waals surface area contributed by atoms with Gasteiger partial charge in [-0.3, -0.25) is 23.5 Å². The molecule has 1 heterocycles. The smallest absolute Gasteiger partial charge is 0.332 e. The number of nitrogens with zero attached hydrogens (tertiary/aromatic N) is 2. The van der Waals surface area contributed by atoms with Crippen LogP contribution in [0.5, 0.6) is 0 Å². The Morgan fingerprint density at radius 3 is 2.22 bits per heavy atom. The molecule has 2 amide bonds. The van der Waals surface area contributed by atoms with Crippen molar-refractivity contribution in [2.75, 3.05) is 5.32 Å². The minimum absolute atomic E-state index is 0.0659. The molecular weight excluding hydrogens is 547 g/mol. The monoisotopic (exact) mass is 570 g/mol. The highest BCUT2D eigenvalue weighted by molar-refractivity contribution is 6.31. The van der Waals surface area contributed by atoms with Crippen LogP contribution in [0.4, 0.5) is 10.1 Å². The fraction of sp³-hybridized carbons (Fsp3) is 0.0968. The SMILES string of the molecule is O=C(Cn1c(=O)n(Cc2ccc(C(=O)NCc3ccccc3Cl)cc2)c(=O)c2ccccc21)Nc1ccc(F)cc1. The molecule has 0 radical (unpaired) electrons. The van der Waals surface area contributed by atoms with Crippen molar-refractivity contribution in [3.8, 4) is 0 Å². The van der Waals surface area contributed by atoms with Crippen molar-refractivity contribution in [3.05, 3.63) is 145 Å². The second-order valence-corrected chi connectivity index (χ2v) is 9.71. The highest BCUT2D eigenvalue weighted by Crippen LogP contribution is 2.15. The summed E-state index contributed by atoms with van der Waals surface area (Å²) >= 11 is 6.15. The Kier molecular flexibility index (Phi) is 8.07. The van der Waals surface area contributed by atoms with Gasteiger partial charge < -0.3 is 10.6 Å². The summed E-state index contributed by atoms with van der Waals surface area (Å²) in [6.07, 6.45) is 0. The number of hydrogen-bond donors (Lipinski definition) is 2. The number of halogens is 2. The summed E-state index contributed by atoms with van der Waals surface area (Å²) in [6.45, 7) is -0.161. The van der Waals surface area contributed by atoms with Crippen LogP contribution in [0.25, 0.3) is 10.9 Å². The van der Waals surface area contributed by atoms with Crippen molar-refractivity contribution in [2.24, 2.45) is 0 Å². The Morgan fingerprint density at radius 1 is 0.805 bits per heavy atom. The van der Waals surface area contributed by atoms with Crippen LogP contribution < -0.4 is 21.9 Å². The summed E-state index contributed by atoms with van der Waals surface area (Å²) < 4.78 is 15.5. The summed E-state index contributed by atoms with van der Waals surface area (Å²) in [7, 11) is 0. The lowest BCUT2D eigenvalue weighted by molar-refractivity contribution is -0.116. The van der Waals surface area contributed by atoms with Gasteiger partial charge in [-0.05, 0) is 65.7 Å². The Hall–Kier alpha value is -5.02. The fourth-order valence-corrected chi connectivity index (χ4v) is 4.61. The molecule has 2 N–H and O–H groups in total. The maximum atomic E-state index is 13.5. The van der Waals surface area contributed by atoms with Crippen LogP contribution in [0.15, 0.2) is 107 Å². The number of para-hydroxylation sites is 1. The standard InChI is InChI=1S/C31H24ClFN4O4/c32-26-7-3-1-5-22(26)17-34-29(39)21-11-9-20(10-12-21)18-37-30(40)25-6-2-4-8-27(25)36(31(37)41)19-28(38)35-24-15-13-23(33)14-16-24/h1-16H,17-19H2,(H,34,39)(H,35,38). The van der Waals surface area contributed by atoms with Crippen molar-refractivity contribution in [1.82, 2.24) is 14.5 Å². The summed E-state index contributed by atoms with van der Waals surface area (Å²) in [5.41, 5.74) is 1.34. The molecule has 1 aromatic heterocycles. The van der Waals surface area contributed by atoms with Crippen molar-refractivity contribution in [3.63, 3.8) is 0 Å². The number of hydrogen-bond acceptors (Lipinski definition) is 4. The first-order chi connectivity index (χ1) is 19.8. The number of carbonyl (C=O) groups excluding carboxylic acids is 2. The van der Waals surface area contributed by atoms with Crippen molar-refractivity contribution in [2.45, 2.75) is 19.6 Å². The second kappa shape index (κ2) is 12.0. The van der Waals surface area contributed by atoms with E-state index in [1.165, 1.54) is 28.8 Å². The molecule has 0 aliphatic carbocycles. The summed E-state index contributed by atoms with van der Waals surface area (Å²) in [5.74, 6) is -1.25. The number of benzene rings is 4. The van der Waals surface area contributed by atoms with Crippen molar-refractivity contribution in [1.29, 1.82) is 0 Å². The van der Waals surface area contributed by atoms with Gasteiger partial charge in [0.15, 0.2) is 0 Å². The number of nitrogens with one attached hydrogen (secondary N) is 2. The van der Waals surface area contributed by atoms with E-state index in [2.05, 4.69) is 10.6 Å². The third kappa shape index (κ3) is 6.26. The highest BCUT2D eigenvalue weighted by atomic mass is 35.5. The summed E-state index contributed by atoms with van der Waals surface area (Å²) in [4.78, 5) is 52.2.